The van der Waals surface area contributed by atoms with Gasteiger partial charge in [-0.3, -0.25) is 9.59 Å². The molecule has 0 N–H and O–H groups in total. The Balaban J connectivity index is 1.35. The molecule has 2 amide bonds. The minimum atomic E-state index is 0.0111. The molecule has 0 aromatic heterocycles. The summed E-state index contributed by atoms with van der Waals surface area (Å²) in [6.45, 7) is 5.51. The van der Waals surface area contributed by atoms with E-state index in [0.29, 0.717) is 19.5 Å². The van der Waals surface area contributed by atoms with Gasteiger partial charge in [0.05, 0.1) is 6.42 Å². The monoisotopic (exact) mass is 376 g/mol. The largest absolute Gasteiger partial charge is 0.342 e. The third kappa shape index (κ3) is 3.68. The van der Waals surface area contributed by atoms with Crippen LogP contribution in [0.3, 0.4) is 0 Å². The van der Waals surface area contributed by atoms with E-state index in [2.05, 4.69) is 19.1 Å². The van der Waals surface area contributed by atoms with Gasteiger partial charge in [-0.15, -0.1) is 0 Å². The predicted molar refractivity (Wildman–Crippen MR) is 111 cm³/mol. The van der Waals surface area contributed by atoms with Crippen LogP contribution >= 0.6 is 0 Å². The Hall–Kier alpha value is -2.62. The van der Waals surface area contributed by atoms with E-state index in [0.717, 1.165) is 30.5 Å². The quantitative estimate of drug-likeness (QED) is 0.818. The number of hydrogen-bond acceptors (Lipinski definition) is 2. The molecule has 2 heterocycles. The van der Waals surface area contributed by atoms with Crippen LogP contribution in [0, 0.1) is 12.8 Å². The maximum atomic E-state index is 13.2. The topological polar surface area (TPSA) is 40.6 Å². The maximum Gasteiger partial charge on any atom is 0.230 e. The van der Waals surface area contributed by atoms with Crippen LogP contribution < -0.4 is 4.90 Å². The number of fused-ring (bicyclic) bond motifs is 1. The SMILES string of the molecule is Cc1ccc(CC(=O)N2CCC(C(=O)N3c4ccccc4CC3C)CC2)cc1. The summed E-state index contributed by atoms with van der Waals surface area (Å²) >= 11 is 0. The molecule has 4 rings (SSSR count). The van der Waals surface area contributed by atoms with Gasteiger partial charge in [-0.2, -0.15) is 0 Å². The lowest BCUT2D eigenvalue weighted by atomic mass is 9.94. The van der Waals surface area contributed by atoms with E-state index < -0.39 is 0 Å². The predicted octanol–water partition coefficient (Wildman–Crippen LogP) is 3.75. The Labute approximate surface area is 167 Å². The lowest BCUT2D eigenvalue weighted by Gasteiger charge is -2.34. The van der Waals surface area contributed by atoms with E-state index in [9.17, 15) is 9.59 Å². The van der Waals surface area contributed by atoms with Crippen molar-refractivity contribution in [2.75, 3.05) is 18.0 Å². The number of piperidine rings is 1. The number of carbonyl (C=O) groups is 2. The normalized spacial score (nSPS) is 19.6. The number of benzene rings is 2. The number of likely N-dealkylation sites (tertiary alicyclic amines) is 1. The number of nitrogens with zero attached hydrogens (tertiary/aromatic N) is 2. The lowest BCUT2D eigenvalue weighted by molar-refractivity contribution is -0.134. The number of para-hydroxylation sites is 1. The molecule has 1 saturated heterocycles. The van der Waals surface area contributed by atoms with E-state index in [-0.39, 0.29) is 23.8 Å². The highest BCUT2D eigenvalue weighted by molar-refractivity contribution is 5.97. The Morgan fingerprint density at radius 2 is 1.68 bits per heavy atom. The zero-order valence-electron chi connectivity index (χ0n) is 16.7. The van der Waals surface area contributed by atoms with Crippen LogP contribution in [0.15, 0.2) is 48.5 Å². The van der Waals surface area contributed by atoms with Crippen molar-refractivity contribution in [3.8, 4) is 0 Å². The molecule has 1 fully saturated rings. The molecule has 4 heteroatoms. The first-order valence-corrected chi connectivity index (χ1v) is 10.3. The van der Waals surface area contributed by atoms with Gasteiger partial charge in [0.2, 0.25) is 11.8 Å². The number of anilines is 1. The summed E-state index contributed by atoms with van der Waals surface area (Å²) in [5.74, 6) is 0.398. The summed E-state index contributed by atoms with van der Waals surface area (Å²) < 4.78 is 0. The molecule has 28 heavy (non-hydrogen) atoms. The summed E-state index contributed by atoms with van der Waals surface area (Å²) in [6, 6.07) is 16.6. The van der Waals surface area contributed by atoms with Crippen molar-refractivity contribution < 1.29 is 9.59 Å². The highest BCUT2D eigenvalue weighted by Crippen LogP contribution is 2.34. The highest BCUT2D eigenvalue weighted by Gasteiger charge is 2.36. The fourth-order valence-electron chi connectivity index (χ4n) is 4.47. The number of rotatable bonds is 3. The molecule has 2 aromatic rings. The molecular formula is C24H28N2O2. The second kappa shape index (κ2) is 7.78. The minimum absolute atomic E-state index is 0.0111. The zero-order chi connectivity index (χ0) is 19.7. The summed E-state index contributed by atoms with van der Waals surface area (Å²) in [6.07, 6.45) is 2.87. The molecule has 2 aliphatic rings. The van der Waals surface area contributed by atoms with Crippen molar-refractivity contribution in [1.29, 1.82) is 0 Å². The van der Waals surface area contributed by atoms with Gasteiger partial charge < -0.3 is 9.80 Å². The molecule has 1 unspecified atom stereocenters. The molecule has 0 bridgehead atoms. The number of carbonyl (C=O) groups excluding carboxylic acids is 2. The molecule has 0 saturated carbocycles. The zero-order valence-corrected chi connectivity index (χ0v) is 16.7. The maximum absolute atomic E-state index is 13.2. The smallest absolute Gasteiger partial charge is 0.230 e. The first kappa shape index (κ1) is 18.7. The van der Waals surface area contributed by atoms with Crippen molar-refractivity contribution in [3.63, 3.8) is 0 Å². The molecule has 0 radical (unpaired) electrons. The van der Waals surface area contributed by atoms with Crippen molar-refractivity contribution in [3.05, 3.63) is 65.2 Å². The summed E-state index contributed by atoms with van der Waals surface area (Å²) in [4.78, 5) is 29.7. The van der Waals surface area contributed by atoms with Crippen molar-refractivity contribution >= 4 is 17.5 Å². The minimum Gasteiger partial charge on any atom is -0.342 e. The number of amides is 2. The van der Waals surface area contributed by atoms with Crippen LogP contribution in [0.25, 0.3) is 0 Å². The second-order valence-electron chi connectivity index (χ2n) is 8.21. The van der Waals surface area contributed by atoms with Gasteiger partial charge in [0.1, 0.15) is 0 Å². The van der Waals surface area contributed by atoms with Gasteiger partial charge in [-0.05, 0) is 50.3 Å². The molecule has 0 spiro atoms. The second-order valence-corrected chi connectivity index (χ2v) is 8.21. The molecule has 4 nitrogen and oxygen atoms in total. The first-order valence-electron chi connectivity index (χ1n) is 10.3. The van der Waals surface area contributed by atoms with Crippen molar-refractivity contribution in [1.82, 2.24) is 4.90 Å². The summed E-state index contributed by atoms with van der Waals surface area (Å²) in [7, 11) is 0. The molecular weight excluding hydrogens is 348 g/mol. The van der Waals surface area contributed by atoms with Crippen LogP contribution in [0.2, 0.25) is 0 Å². The Morgan fingerprint density at radius 3 is 2.39 bits per heavy atom. The number of hydrogen-bond donors (Lipinski definition) is 0. The first-order chi connectivity index (χ1) is 13.5. The average Bonchev–Trinajstić information content (AvgIpc) is 3.05. The molecule has 1 atom stereocenters. The summed E-state index contributed by atoms with van der Waals surface area (Å²) in [5.41, 5.74) is 4.58. The Bertz CT molecular complexity index is 866. The van der Waals surface area contributed by atoms with Crippen LogP contribution in [-0.4, -0.2) is 35.8 Å². The molecule has 146 valence electrons. The fraction of sp³-hybridized carbons (Fsp3) is 0.417. The van der Waals surface area contributed by atoms with Crippen LogP contribution in [0.5, 0.6) is 0 Å². The van der Waals surface area contributed by atoms with Crippen molar-refractivity contribution in [2.24, 2.45) is 5.92 Å². The van der Waals surface area contributed by atoms with E-state index in [1.807, 2.05) is 53.1 Å². The third-order valence-corrected chi connectivity index (χ3v) is 6.12. The third-order valence-electron chi connectivity index (χ3n) is 6.12. The van der Waals surface area contributed by atoms with Crippen LogP contribution in [0.4, 0.5) is 5.69 Å². The van der Waals surface area contributed by atoms with E-state index in [1.54, 1.807) is 0 Å². The van der Waals surface area contributed by atoms with Gasteiger partial charge in [0.25, 0.3) is 0 Å². The average molecular weight is 377 g/mol. The van der Waals surface area contributed by atoms with E-state index in [1.165, 1.54) is 11.1 Å². The molecule has 0 aliphatic carbocycles. The lowest BCUT2D eigenvalue weighted by Crippen LogP contribution is -2.46. The van der Waals surface area contributed by atoms with Gasteiger partial charge in [-0.25, -0.2) is 0 Å². The van der Waals surface area contributed by atoms with E-state index >= 15 is 0 Å². The van der Waals surface area contributed by atoms with Gasteiger partial charge >= 0.3 is 0 Å². The van der Waals surface area contributed by atoms with Gasteiger partial charge in [0, 0.05) is 30.7 Å². The van der Waals surface area contributed by atoms with Crippen LogP contribution in [0.1, 0.15) is 36.5 Å². The van der Waals surface area contributed by atoms with E-state index in [4.69, 9.17) is 0 Å². The van der Waals surface area contributed by atoms with Gasteiger partial charge in [-0.1, -0.05) is 48.0 Å². The standard InChI is InChI=1S/C24H28N2O2/c1-17-7-9-19(10-8-17)16-23(27)25-13-11-20(12-14-25)24(28)26-18(2)15-21-5-3-4-6-22(21)26/h3-10,18,20H,11-16H2,1-2H3. The molecule has 2 aromatic carbocycles. The highest BCUT2D eigenvalue weighted by atomic mass is 16.2. The fourth-order valence-corrected chi connectivity index (χ4v) is 4.47. The Kier molecular flexibility index (Phi) is 5.21. The summed E-state index contributed by atoms with van der Waals surface area (Å²) in [5, 5.41) is 0. The van der Waals surface area contributed by atoms with Crippen molar-refractivity contribution in [2.45, 2.75) is 45.6 Å². The molecule has 2 aliphatic heterocycles. The number of aryl methyl sites for hydroxylation is 1. The van der Waals surface area contributed by atoms with Gasteiger partial charge in [0.15, 0.2) is 0 Å². The van der Waals surface area contributed by atoms with Crippen LogP contribution in [-0.2, 0) is 22.4 Å². The Morgan fingerprint density at radius 1 is 1.00 bits per heavy atom.